The summed E-state index contributed by atoms with van der Waals surface area (Å²) in [6, 6.07) is 1.92. The molecule has 1 unspecified atom stereocenters. The number of methoxy groups -OCH3 is 1. The van der Waals surface area contributed by atoms with E-state index in [1.807, 2.05) is 0 Å². The van der Waals surface area contributed by atoms with Crippen molar-refractivity contribution in [2.24, 2.45) is 0 Å². The maximum Gasteiger partial charge on any atom is 0.409 e. The molecule has 2 fully saturated rings. The van der Waals surface area contributed by atoms with E-state index in [0.717, 1.165) is 24.5 Å². The van der Waals surface area contributed by atoms with Crippen LogP contribution in [0.25, 0.3) is 0 Å². The highest BCUT2D eigenvalue weighted by Crippen LogP contribution is 2.36. The van der Waals surface area contributed by atoms with Gasteiger partial charge in [0.1, 0.15) is 5.82 Å². The molecule has 2 bridgehead atoms. The molecular formula is C16H24N4O2. The number of amides is 1. The summed E-state index contributed by atoms with van der Waals surface area (Å²) in [6.45, 7) is 3.40. The largest absolute Gasteiger partial charge is 0.453 e. The molecule has 2 saturated heterocycles. The van der Waals surface area contributed by atoms with E-state index in [9.17, 15) is 4.79 Å². The summed E-state index contributed by atoms with van der Waals surface area (Å²) in [4.78, 5) is 18.2. The SMILES string of the molecule is COC(=O)N1CCc2c(nc(C)n2C2C[C@H]3CC[C@@H](C2)N3)C1. The number of hydrogen-bond acceptors (Lipinski definition) is 4. The fourth-order valence-corrected chi connectivity index (χ4v) is 4.55. The molecule has 1 N–H and O–H groups in total. The second kappa shape index (κ2) is 5.26. The highest BCUT2D eigenvalue weighted by Gasteiger charge is 2.37. The molecule has 1 aromatic rings. The average molecular weight is 304 g/mol. The van der Waals surface area contributed by atoms with Gasteiger partial charge in [-0.25, -0.2) is 9.78 Å². The summed E-state index contributed by atoms with van der Waals surface area (Å²) in [5.74, 6) is 1.10. The quantitative estimate of drug-likeness (QED) is 0.859. The fourth-order valence-electron chi connectivity index (χ4n) is 4.55. The molecule has 1 aromatic heterocycles. The molecular weight excluding hydrogens is 280 g/mol. The standard InChI is InChI=1S/C16H24N4O2/c1-10-17-14-9-19(16(21)22-2)6-5-15(14)20(10)13-7-11-3-4-12(8-13)18-11/h11-13,18H,3-9H2,1-2H3/t11-,12+,13?. The lowest BCUT2D eigenvalue weighted by atomic mass is 9.98. The predicted octanol–water partition coefficient (Wildman–Crippen LogP) is 1.77. The zero-order valence-corrected chi connectivity index (χ0v) is 13.3. The summed E-state index contributed by atoms with van der Waals surface area (Å²) < 4.78 is 7.31. The molecule has 22 heavy (non-hydrogen) atoms. The number of ether oxygens (including phenoxy) is 1. The van der Waals surface area contributed by atoms with Gasteiger partial charge in [-0.3, -0.25) is 0 Å². The van der Waals surface area contributed by atoms with Crippen LogP contribution in [0.3, 0.4) is 0 Å². The Balaban J connectivity index is 1.60. The highest BCUT2D eigenvalue weighted by atomic mass is 16.5. The van der Waals surface area contributed by atoms with Gasteiger partial charge in [-0.05, 0) is 32.6 Å². The minimum atomic E-state index is -0.252. The van der Waals surface area contributed by atoms with Crippen LogP contribution in [-0.2, 0) is 17.7 Å². The second-order valence-corrected chi connectivity index (χ2v) is 6.83. The van der Waals surface area contributed by atoms with Gasteiger partial charge in [0.15, 0.2) is 0 Å². The van der Waals surface area contributed by atoms with E-state index in [-0.39, 0.29) is 6.09 Å². The van der Waals surface area contributed by atoms with Crippen LogP contribution in [0.15, 0.2) is 0 Å². The summed E-state index contributed by atoms with van der Waals surface area (Å²) >= 11 is 0. The first-order valence-electron chi connectivity index (χ1n) is 8.31. The van der Waals surface area contributed by atoms with Crippen LogP contribution in [0.2, 0.25) is 0 Å². The Kier molecular flexibility index (Phi) is 3.36. The average Bonchev–Trinajstić information content (AvgIpc) is 3.03. The normalized spacial score (nSPS) is 30.3. The number of fused-ring (bicyclic) bond motifs is 3. The lowest BCUT2D eigenvalue weighted by molar-refractivity contribution is 0.117. The Bertz CT molecular complexity index is 585. The molecule has 4 heterocycles. The second-order valence-electron chi connectivity index (χ2n) is 6.83. The van der Waals surface area contributed by atoms with Crippen LogP contribution >= 0.6 is 0 Å². The first-order valence-corrected chi connectivity index (χ1v) is 8.31. The number of rotatable bonds is 1. The van der Waals surface area contributed by atoms with E-state index in [1.165, 1.54) is 38.5 Å². The molecule has 3 aliphatic rings. The number of hydrogen-bond donors (Lipinski definition) is 1. The van der Waals surface area contributed by atoms with Crippen LogP contribution in [0.5, 0.6) is 0 Å². The van der Waals surface area contributed by atoms with Gasteiger partial charge in [0, 0.05) is 36.8 Å². The third-order valence-electron chi connectivity index (χ3n) is 5.47. The van der Waals surface area contributed by atoms with Gasteiger partial charge < -0.3 is 19.5 Å². The van der Waals surface area contributed by atoms with Crippen LogP contribution in [0.4, 0.5) is 4.79 Å². The van der Waals surface area contributed by atoms with Gasteiger partial charge >= 0.3 is 6.09 Å². The minimum Gasteiger partial charge on any atom is -0.453 e. The van der Waals surface area contributed by atoms with E-state index >= 15 is 0 Å². The van der Waals surface area contributed by atoms with Gasteiger partial charge in [0.05, 0.1) is 19.3 Å². The molecule has 1 amide bonds. The Morgan fingerprint density at radius 1 is 1.32 bits per heavy atom. The van der Waals surface area contributed by atoms with Crippen LogP contribution in [0, 0.1) is 6.92 Å². The van der Waals surface area contributed by atoms with Crippen molar-refractivity contribution >= 4 is 6.09 Å². The van der Waals surface area contributed by atoms with Crippen LogP contribution in [0.1, 0.15) is 48.9 Å². The lowest BCUT2D eigenvalue weighted by Crippen LogP contribution is -2.40. The Morgan fingerprint density at radius 3 is 2.73 bits per heavy atom. The van der Waals surface area contributed by atoms with Crippen LogP contribution in [-0.4, -0.2) is 46.3 Å². The number of nitrogens with zero attached hydrogens (tertiary/aromatic N) is 3. The van der Waals surface area contributed by atoms with E-state index < -0.39 is 0 Å². The van der Waals surface area contributed by atoms with Crippen molar-refractivity contribution < 1.29 is 9.53 Å². The van der Waals surface area contributed by atoms with Gasteiger partial charge in [-0.15, -0.1) is 0 Å². The summed E-state index contributed by atoms with van der Waals surface area (Å²) in [5, 5.41) is 3.71. The van der Waals surface area contributed by atoms with Crippen molar-refractivity contribution in [2.75, 3.05) is 13.7 Å². The van der Waals surface area contributed by atoms with Gasteiger partial charge in [0.2, 0.25) is 0 Å². The van der Waals surface area contributed by atoms with Crippen molar-refractivity contribution in [3.05, 3.63) is 17.2 Å². The Morgan fingerprint density at radius 2 is 2.05 bits per heavy atom. The molecule has 6 nitrogen and oxygen atoms in total. The fraction of sp³-hybridized carbons (Fsp3) is 0.750. The zero-order chi connectivity index (χ0) is 15.3. The maximum absolute atomic E-state index is 11.7. The molecule has 3 atom stereocenters. The zero-order valence-electron chi connectivity index (χ0n) is 13.3. The lowest BCUT2D eigenvalue weighted by Gasteiger charge is -2.33. The number of imidazole rings is 1. The van der Waals surface area contributed by atoms with Crippen LogP contribution < -0.4 is 5.32 Å². The van der Waals surface area contributed by atoms with Gasteiger partial charge in [-0.2, -0.15) is 0 Å². The monoisotopic (exact) mass is 304 g/mol. The Hall–Kier alpha value is -1.56. The number of aromatic nitrogens is 2. The van der Waals surface area contributed by atoms with Crippen molar-refractivity contribution in [3.63, 3.8) is 0 Å². The van der Waals surface area contributed by atoms with E-state index in [2.05, 4.69) is 16.8 Å². The van der Waals surface area contributed by atoms with Crippen molar-refractivity contribution in [1.29, 1.82) is 0 Å². The van der Waals surface area contributed by atoms with Gasteiger partial charge in [-0.1, -0.05) is 0 Å². The first-order chi connectivity index (χ1) is 10.7. The smallest absolute Gasteiger partial charge is 0.409 e. The number of carbonyl (C=O) groups is 1. The van der Waals surface area contributed by atoms with E-state index in [0.29, 0.717) is 24.7 Å². The molecule has 4 rings (SSSR count). The van der Waals surface area contributed by atoms with E-state index in [1.54, 1.807) is 4.90 Å². The molecule has 6 heteroatoms. The molecule has 120 valence electrons. The van der Waals surface area contributed by atoms with Crippen molar-refractivity contribution in [1.82, 2.24) is 19.8 Å². The molecule has 3 aliphatic heterocycles. The number of carbonyl (C=O) groups excluding carboxylic acids is 1. The predicted molar refractivity (Wildman–Crippen MR) is 81.7 cm³/mol. The summed E-state index contributed by atoms with van der Waals surface area (Å²) in [7, 11) is 1.44. The molecule has 0 spiro atoms. The Labute approximate surface area is 130 Å². The first kappa shape index (κ1) is 14.1. The number of piperidine rings is 1. The molecule has 0 saturated carbocycles. The molecule has 0 radical (unpaired) electrons. The summed E-state index contributed by atoms with van der Waals surface area (Å²) in [6.07, 6.45) is 5.67. The number of aryl methyl sites for hydroxylation is 1. The van der Waals surface area contributed by atoms with Crippen molar-refractivity contribution in [2.45, 2.75) is 63.7 Å². The topological polar surface area (TPSA) is 59.4 Å². The number of nitrogens with one attached hydrogen (secondary N) is 1. The summed E-state index contributed by atoms with van der Waals surface area (Å²) in [5.41, 5.74) is 2.39. The maximum atomic E-state index is 11.7. The minimum absolute atomic E-state index is 0.252. The van der Waals surface area contributed by atoms with Gasteiger partial charge in [0.25, 0.3) is 0 Å². The highest BCUT2D eigenvalue weighted by molar-refractivity contribution is 5.67. The third kappa shape index (κ3) is 2.20. The van der Waals surface area contributed by atoms with E-state index in [4.69, 9.17) is 9.72 Å². The molecule has 0 aromatic carbocycles. The van der Waals surface area contributed by atoms with Crippen molar-refractivity contribution in [3.8, 4) is 0 Å². The molecule has 0 aliphatic carbocycles. The third-order valence-corrected chi connectivity index (χ3v) is 5.47.